The molecule has 0 aromatic carbocycles. The fourth-order valence-corrected chi connectivity index (χ4v) is 0. The molecule has 2 nitrogen and oxygen atoms in total. The van der Waals surface area contributed by atoms with Gasteiger partial charge in [0.25, 0.3) is 0 Å². The molecule has 0 aliphatic heterocycles. The first kappa shape index (κ1) is 13.4. The van der Waals surface area contributed by atoms with Crippen molar-refractivity contribution in [3.63, 3.8) is 0 Å². The molecule has 0 saturated heterocycles. The van der Waals surface area contributed by atoms with Crippen molar-refractivity contribution in [2.45, 2.75) is 0 Å². The zero-order chi connectivity index (χ0) is 7.91. The molecule has 0 unspecified atom stereocenters. The number of nitrogens with one attached hydrogen (secondary N) is 2. The number of rotatable bonds is 1. The van der Waals surface area contributed by atoms with Crippen molar-refractivity contribution < 1.29 is 11.9 Å². The molecule has 0 atom stereocenters. The van der Waals surface area contributed by atoms with Crippen LogP contribution in [0.3, 0.4) is 0 Å². The molecule has 0 radical (unpaired) electrons. The predicted octanol–water partition coefficient (Wildman–Crippen LogP) is 3.85. The zero-order valence-corrected chi connectivity index (χ0v) is 9.54. The van der Waals surface area contributed by atoms with E-state index < -0.39 is 11.9 Å². The second kappa shape index (κ2) is 7.87. The van der Waals surface area contributed by atoms with Gasteiger partial charge in [-0.25, -0.2) is 0 Å². The Morgan fingerprint density at radius 1 is 0.889 bits per heavy atom. The first-order valence-corrected chi connectivity index (χ1v) is 12.9. The maximum Gasteiger partial charge on any atom is -0.171 e. The molecule has 0 aliphatic rings. The van der Waals surface area contributed by atoms with E-state index in [0.29, 0.717) is 0 Å². The van der Waals surface area contributed by atoms with Gasteiger partial charge >= 0.3 is 49.6 Å². The monoisotopic (exact) mass is 393 g/mol. The van der Waals surface area contributed by atoms with Gasteiger partial charge in [-0.3, -0.25) is 0 Å². The normalized spacial score (nSPS) is 11.8. The Hall–Kier alpha value is 1.77. The molecule has 0 saturated carbocycles. The van der Waals surface area contributed by atoms with Crippen LogP contribution in [0.1, 0.15) is 0 Å². The zero-order valence-electron chi connectivity index (χ0n) is 4.24. The third kappa shape index (κ3) is 76.9. The minimum Gasteiger partial charge on any atom is -0.679 e. The third-order valence-electron chi connectivity index (χ3n) is 0.125. The molecule has 0 spiro atoms. The van der Waals surface area contributed by atoms with Crippen molar-refractivity contribution in [3.8, 4) is 0 Å². The molecule has 9 heavy (non-hydrogen) atoms. The van der Waals surface area contributed by atoms with Crippen LogP contribution in [0.5, 0.6) is 0 Å². The summed E-state index contributed by atoms with van der Waals surface area (Å²) in [5.74, 6) is 0. The van der Waals surface area contributed by atoms with E-state index in [-0.39, 0.29) is 13.1 Å². The number of hydrogen-bond donors (Lipinski definition) is 0. The van der Waals surface area contributed by atoms with Gasteiger partial charge in [-0.05, 0) is 0 Å². The van der Waals surface area contributed by atoms with Gasteiger partial charge in [0.05, 0.1) is 0 Å². The molecule has 0 heterocycles. The smallest absolute Gasteiger partial charge is 0.171 e. The van der Waals surface area contributed by atoms with Crippen LogP contribution in [0.25, 0.3) is 11.5 Å². The van der Waals surface area contributed by atoms with Crippen molar-refractivity contribution in [2.24, 2.45) is 0 Å². The van der Waals surface area contributed by atoms with Crippen LogP contribution in [-0.4, -0.2) is 13.1 Å². The Balaban J connectivity index is 0. The van der Waals surface area contributed by atoms with Gasteiger partial charge in [0.15, 0.2) is 0 Å². The molecular weight excluding hydrogens is 389 g/mol. The van der Waals surface area contributed by atoms with Crippen LogP contribution in [0, 0.1) is 0 Å². The average Bonchev–Trinajstić information content (AvgIpc) is 1.61. The van der Waals surface area contributed by atoms with Crippen LogP contribution in [0.15, 0.2) is 0 Å². The summed E-state index contributed by atoms with van der Waals surface area (Å²) in [6.07, 6.45) is 0. The van der Waals surface area contributed by atoms with Gasteiger partial charge in [0, 0.05) is 0 Å². The van der Waals surface area contributed by atoms with Crippen molar-refractivity contribution >= 4 is 37.7 Å². The Morgan fingerprint density at radius 2 is 1.00 bits per heavy atom. The van der Waals surface area contributed by atoms with Gasteiger partial charge < -0.3 is 11.5 Å². The topological polar surface area (TPSA) is 47.6 Å². The Bertz CT molecular complexity index is 47.0. The summed E-state index contributed by atoms with van der Waals surface area (Å²) < 4.78 is 0. The maximum absolute atomic E-state index is 6.26. The Labute approximate surface area is 73.7 Å². The summed E-state index contributed by atoms with van der Waals surface area (Å²) in [6.45, 7) is 0.472. The van der Waals surface area contributed by atoms with Crippen LogP contribution in [-0.2, 0) is 11.9 Å². The van der Waals surface area contributed by atoms with E-state index in [0.717, 1.165) is 0 Å². The van der Waals surface area contributed by atoms with Crippen molar-refractivity contribution in [3.05, 3.63) is 11.5 Å². The summed E-state index contributed by atoms with van der Waals surface area (Å²) in [7, 11) is 20.0. The van der Waals surface area contributed by atoms with Gasteiger partial charge in [-0.1, -0.05) is 0 Å². The summed E-state index contributed by atoms with van der Waals surface area (Å²) in [6, 6.07) is 0. The third-order valence-corrected chi connectivity index (χ3v) is 0.125. The van der Waals surface area contributed by atoms with E-state index in [2.05, 4.69) is 0 Å². The minimum atomic E-state index is -3.06. The standard InChI is InChI=1S/C2H6N2.4ClH.Pt/c3-1-2-4;;;;;/h3-4H,1-2H2;4*1H;/q-2;;;;;+6/p-4. The van der Waals surface area contributed by atoms with Gasteiger partial charge in [-0.2, -0.15) is 13.1 Å². The van der Waals surface area contributed by atoms with E-state index in [1.54, 1.807) is 0 Å². The minimum absolute atomic E-state index is 0.236. The maximum atomic E-state index is 6.26. The number of halogens is 4. The van der Waals surface area contributed by atoms with Crippen LogP contribution in [0.2, 0.25) is 0 Å². The molecule has 0 amide bonds. The molecule has 0 rings (SSSR count). The SMILES string of the molecule is [Cl][Pt+2]([Cl])([Cl])[Cl].[NH-]CC[NH-]. The summed E-state index contributed by atoms with van der Waals surface area (Å²) in [4.78, 5) is 0. The van der Waals surface area contributed by atoms with E-state index in [4.69, 9.17) is 49.1 Å². The van der Waals surface area contributed by atoms with Crippen LogP contribution in [0.4, 0.5) is 0 Å². The molecule has 0 fully saturated rings. The summed E-state index contributed by atoms with van der Waals surface area (Å²) in [5, 5.41) is 0. The van der Waals surface area contributed by atoms with E-state index >= 15 is 0 Å². The van der Waals surface area contributed by atoms with Crippen molar-refractivity contribution in [1.82, 2.24) is 0 Å². The van der Waals surface area contributed by atoms with Crippen molar-refractivity contribution in [1.29, 1.82) is 0 Å². The second-order valence-electron chi connectivity index (χ2n) is 0.771. The Morgan fingerprint density at radius 3 is 1.00 bits per heavy atom. The fourth-order valence-electron chi connectivity index (χ4n) is 0. The van der Waals surface area contributed by atoms with Crippen LogP contribution < -0.4 is 0 Å². The van der Waals surface area contributed by atoms with E-state index in [1.165, 1.54) is 0 Å². The molecular formula is C2H6Cl4N2Pt. The van der Waals surface area contributed by atoms with Gasteiger partial charge in [0.1, 0.15) is 0 Å². The molecule has 7 heteroatoms. The first-order valence-electron chi connectivity index (χ1n) is 1.69. The van der Waals surface area contributed by atoms with E-state index in [1.807, 2.05) is 0 Å². The predicted molar refractivity (Wildman–Crippen MR) is 41.8 cm³/mol. The number of hydrogen-bond acceptors (Lipinski definition) is 0. The molecule has 62 valence electrons. The molecule has 0 aromatic heterocycles. The molecule has 0 bridgehead atoms. The quantitative estimate of drug-likeness (QED) is 0.648. The molecule has 2 N–H and O–H groups in total. The Kier molecular flexibility index (Phi) is 11.7. The molecule has 0 aliphatic carbocycles. The summed E-state index contributed by atoms with van der Waals surface area (Å²) in [5.41, 5.74) is 12.5. The van der Waals surface area contributed by atoms with Crippen molar-refractivity contribution in [2.75, 3.05) is 13.1 Å². The van der Waals surface area contributed by atoms with Gasteiger partial charge in [-0.15, -0.1) is 0 Å². The largest absolute Gasteiger partial charge is 0.679 e. The molecule has 0 aromatic rings. The average molecular weight is 395 g/mol. The summed E-state index contributed by atoms with van der Waals surface area (Å²) >= 11 is -3.06. The van der Waals surface area contributed by atoms with Crippen LogP contribution >= 0.6 is 37.7 Å². The second-order valence-corrected chi connectivity index (χ2v) is 20.5. The first-order chi connectivity index (χ1) is 3.91. The van der Waals surface area contributed by atoms with E-state index in [9.17, 15) is 0 Å². The van der Waals surface area contributed by atoms with Gasteiger partial charge in [0.2, 0.25) is 0 Å². The fraction of sp³-hybridized carbons (Fsp3) is 1.00.